The number of halogens is 1. The van der Waals surface area contributed by atoms with E-state index >= 15 is 4.39 Å². The number of rotatable bonds is 11. The predicted molar refractivity (Wildman–Crippen MR) is 146 cm³/mol. The molecule has 0 spiro atoms. The van der Waals surface area contributed by atoms with Gasteiger partial charge in [-0.15, -0.1) is 6.58 Å². The highest BCUT2D eigenvalue weighted by Gasteiger charge is 2.11. The van der Waals surface area contributed by atoms with E-state index in [1.807, 2.05) is 42.5 Å². The lowest BCUT2D eigenvalue weighted by Gasteiger charge is -2.10. The molecule has 0 aliphatic heterocycles. The Morgan fingerprint density at radius 2 is 1.32 bits per heavy atom. The molecular weight excluding hydrogens is 415 g/mol. The lowest BCUT2D eigenvalue weighted by Crippen LogP contribution is -1.90. The molecule has 0 fully saturated rings. The van der Waals surface area contributed by atoms with Crippen LogP contribution in [0.15, 0.2) is 91.5 Å². The quantitative estimate of drug-likeness (QED) is 0.157. The SMILES string of the molecule is C=CCCc1ccc(-c2ccc3cc(-c4ccc(CCCCCCC)cc4)ccc3c2F)cc1. The van der Waals surface area contributed by atoms with Crippen LogP contribution in [0.2, 0.25) is 0 Å². The van der Waals surface area contributed by atoms with Crippen molar-refractivity contribution in [2.75, 3.05) is 0 Å². The van der Waals surface area contributed by atoms with Gasteiger partial charge in [0, 0.05) is 10.9 Å². The van der Waals surface area contributed by atoms with E-state index in [9.17, 15) is 0 Å². The Kier molecular flexibility index (Phi) is 8.31. The van der Waals surface area contributed by atoms with Crippen LogP contribution in [-0.4, -0.2) is 0 Å². The van der Waals surface area contributed by atoms with E-state index in [1.165, 1.54) is 48.8 Å². The average Bonchev–Trinajstić information content (AvgIpc) is 2.88. The molecule has 0 nitrogen and oxygen atoms in total. The standard InChI is InChI=1S/C33H35F/c1-3-5-7-8-9-11-26-12-16-27(17-13-26)29-20-22-32-30(24-29)21-23-31(33(32)34)28-18-14-25(15-19-28)10-6-4-2/h4,12-24H,2-3,5-11H2,1H3. The van der Waals surface area contributed by atoms with E-state index in [4.69, 9.17) is 0 Å². The highest BCUT2D eigenvalue weighted by Crippen LogP contribution is 2.32. The first-order chi connectivity index (χ1) is 16.7. The fourth-order valence-electron chi connectivity index (χ4n) is 4.61. The molecule has 0 radical (unpaired) electrons. The first-order valence-electron chi connectivity index (χ1n) is 12.7. The van der Waals surface area contributed by atoms with Crippen molar-refractivity contribution >= 4 is 10.8 Å². The van der Waals surface area contributed by atoms with E-state index in [1.54, 1.807) is 0 Å². The first kappa shape index (κ1) is 24.0. The van der Waals surface area contributed by atoms with Gasteiger partial charge in [-0.3, -0.25) is 0 Å². The maximum atomic E-state index is 15.4. The van der Waals surface area contributed by atoms with Gasteiger partial charge in [0.25, 0.3) is 0 Å². The number of hydrogen-bond donors (Lipinski definition) is 0. The van der Waals surface area contributed by atoms with Crippen LogP contribution in [0.4, 0.5) is 4.39 Å². The summed E-state index contributed by atoms with van der Waals surface area (Å²) in [5.74, 6) is -0.152. The first-order valence-corrected chi connectivity index (χ1v) is 12.7. The van der Waals surface area contributed by atoms with Crippen molar-refractivity contribution in [3.63, 3.8) is 0 Å². The molecule has 4 aromatic rings. The van der Waals surface area contributed by atoms with Crippen LogP contribution in [0.5, 0.6) is 0 Å². The Balaban J connectivity index is 1.50. The highest BCUT2D eigenvalue weighted by molar-refractivity contribution is 5.91. The lowest BCUT2D eigenvalue weighted by molar-refractivity contribution is 0.632. The largest absolute Gasteiger partial charge is 0.206 e. The van der Waals surface area contributed by atoms with Crippen LogP contribution >= 0.6 is 0 Å². The summed E-state index contributed by atoms with van der Waals surface area (Å²) >= 11 is 0. The van der Waals surface area contributed by atoms with E-state index in [0.29, 0.717) is 10.9 Å². The number of hydrogen-bond acceptors (Lipinski definition) is 0. The number of unbranched alkanes of at least 4 members (excludes halogenated alkanes) is 4. The van der Waals surface area contributed by atoms with E-state index in [0.717, 1.165) is 35.8 Å². The maximum absolute atomic E-state index is 15.4. The fourth-order valence-corrected chi connectivity index (χ4v) is 4.61. The second-order valence-electron chi connectivity index (χ2n) is 9.25. The van der Waals surface area contributed by atoms with E-state index in [2.05, 4.69) is 56.0 Å². The number of fused-ring (bicyclic) bond motifs is 1. The van der Waals surface area contributed by atoms with Gasteiger partial charge in [-0.25, -0.2) is 4.39 Å². The van der Waals surface area contributed by atoms with Crippen LogP contribution in [0.1, 0.15) is 56.6 Å². The number of aryl methyl sites for hydroxylation is 2. The number of benzene rings is 4. The second kappa shape index (κ2) is 11.8. The van der Waals surface area contributed by atoms with Gasteiger partial charge < -0.3 is 0 Å². The Morgan fingerprint density at radius 3 is 2.03 bits per heavy atom. The van der Waals surface area contributed by atoms with Gasteiger partial charge in [-0.1, -0.05) is 111 Å². The molecule has 4 rings (SSSR count). The summed E-state index contributed by atoms with van der Waals surface area (Å²) < 4.78 is 15.4. The molecule has 0 amide bonds. The monoisotopic (exact) mass is 450 g/mol. The van der Waals surface area contributed by atoms with Crippen LogP contribution in [0, 0.1) is 5.82 Å². The highest BCUT2D eigenvalue weighted by atomic mass is 19.1. The van der Waals surface area contributed by atoms with Crippen molar-refractivity contribution in [1.82, 2.24) is 0 Å². The molecule has 0 N–H and O–H groups in total. The molecule has 34 heavy (non-hydrogen) atoms. The molecule has 0 aliphatic carbocycles. The topological polar surface area (TPSA) is 0 Å². The predicted octanol–water partition coefficient (Wildman–Crippen LogP) is 9.94. The molecule has 0 atom stereocenters. The Bertz CT molecular complexity index is 1220. The zero-order chi connectivity index (χ0) is 23.8. The van der Waals surface area contributed by atoms with Crippen molar-refractivity contribution < 1.29 is 4.39 Å². The van der Waals surface area contributed by atoms with Gasteiger partial charge in [0.2, 0.25) is 0 Å². The lowest BCUT2D eigenvalue weighted by atomic mass is 9.95. The third-order valence-corrected chi connectivity index (χ3v) is 6.71. The molecule has 0 unspecified atom stereocenters. The third kappa shape index (κ3) is 5.83. The van der Waals surface area contributed by atoms with Crippen molar-refractivity contribution in [3.8, 4) is 22.3 Å². The minimum Gasteiger partial charge on any atom is -0.206 e. The van der Waals surface area contributed by atoms with E-state index in [-0.39, 0.29) is 5.82 Å². The van der Waals surface area contributed by atoms with Crippen molar-refractivity contribution in [1.29, 1.82) is 0 Å². The Morgan fingerprint density at radius 1 is 0.676 bits per heavy atom. The smallest absolute Gasteiger partial charge is 0.138 e. The molecule has 0 bridgehead atoms. The van der Waals surface area contributed by atoms with Gasteiger partial charge in [0.15, 0.2) is 0 Å². The molecule has 0 saturated carbocycles. The van der Waals surface area contributed by atoms with Gasteiger partial charge in [-0.05, 0) is 65.0 Å². The molecule has 4 aromatic carbocycles. The third-order valence-electron chi connectivity index (χ3n) is 6.71. The summed E-state index contributed by atoms with van der Waals surface area (Å²) in [5.41, 5.74) is 6.51. The molecule has 0 aromatic heterocycles. The summed E-state index contributed by atoms with van der Waals surface area (Å²) in [4.78, 5) is 0. The summed E-state index contributed by atoms with van der Waals surface area (Å²) in [5, 5.41) is 1.60. The minimum absolute atomic E-state index is 0.152. The number of allylic oxidation sites excluding steroid dienone is 1. The van der Waals surface area contributed by atoms with Gasteiger partial charge in [0.05, 0.1) is 0 Å². The summed E-state index contributed by atoms with van der Waals surface area (Å²) in [7, 11) is 0. The van der Waals surface area contributed by atoms with Gasteiger partial charge in [0.1, 0.15) is 5.82 Å². The molecule has 1 heteroatoms. The second-order valence-corrected chi connectivity index (χ2v) is 9.25. The van der Waals surface area contributed by atoms with Crippen LogP contribution in [0.25, 0.3) is 33.0 Å². The van der Waals surface area contributed by atoms with Crippen LogP contribution in [0.3, 0.4) is 0 Å². The molecular formula is C33H35F. The minimum atomic E-state index is -0.152. The van der Waals surface area contributed by atoms with Crippen molar-refractivity contribution in [2.24, 2.45) is 0 Å². The van der Waals surface area contributed by atoms with E-state index < -0.39 is 0 Å². The molecule has 0 aliphatic rings. The molecule has 0 saturated heterocycles. The zero-order valence-electron chi connectivity index (χ0n) is 20.3. The van der Waals surface area contributed by atoms with Gasteiger partial charge in [-0.2, -0.15) is 0 Å². The summed E-state index contributed by atoms with van der Waals surface area (Å²) in [6.45, 7) is 6.03. The summed E-state index contributed by atoms with van der Waals surface area (Å²) in [6, 6.07) is 27.1. The Labute approximate surface area is 204 Å². The summed E-state index contributed by atoms with van der Waals surface area (Å²) in [6.07, 6.45) is 11.5. The van der Waals surface area contributed by atoms with Crippen LogP contribution < -0.4 is 0 Å². The fraction of sp³-hybridized carbons (Fsp3) is 0.273. The van der Waals surface area contributed by atoms with Gasteiger partial charge >= 0.3 is 0 Å². The average molecular weight is 451 g/mol. The normalized spacial score (nSPS) is 11.1. The maximum Gasteiger partial charge on any atom is 0.138 e. The van der Waals surface area contributed by atoms with Crippen LogP contribution in [-0.2, 0) is 12.8 Å². The Hall–Kier alpha value is -3.19. The van der Waals surface area contributed by atoms with Crippen molar-refractivity contribution in [2.45, 2.75) is 58.3 Å². The zero-order valence-corrected chi connectivity index (χ0v) is 20.3. The molecule has 174 valence electrons. The molecule has 0 heterocycles. The van der Waals surface area contributed by atoms with Crippen molar-refractivity contribution in [3.05, 3.63) is 108 Å².